The molecule has 1 atom stereocenters. The minimum Gasteiger partial charge on any atom is -0.481 e. The first kappa shape index (κ1) is 17.1. The molecule has 1 unspecified atom stereocenters. The van der Waals surface area contributed by atoms with E-state index >= 15 is 0 Å². The monoisotopic (exact) mass is 310 g/mol. The molecule has 2 N–H and O–H groups in total. The van der Waals surface area contributed by atoms with Crippen LogP contribution < -0.4 is 4.72 Å². The van der Waals surface area contributed by atoms with E-state index in [1.807, 2.05) is 13.0 Å². The van der Waals surface area contributed by atoms with E-state index in [0.29, 0.717) is 24.0 Å². The average Bonchev–Trinajstić information content (AvgIpc) is 2.43. The lowest BCUT2D eigenvalue weighted by atomic mass is 10.1. The summed E-state index contributed by atoms with van der Waals surface area (Å²) < 4.78 is 26.2. The number of nitrogens with one attached hydrogen (secondary N) is 1. The van der Waals surface area contributed by atoms with Gasteiger partial charge in [0.15, 0.2) is 0 Å². The zero-order valence-electron chi connectivity index (χ0n) is 11.7. The lowest BCUT2D eigenvalue weighted by molar-refractivity contribution is -0.141. The van der Waals surface area contributed by atoms with Gasteiger partial charge in [-0.15, -0.1) is 0 Å². The Morgan fingerprint density at radius 1 is 1.38 bits per heavy atom. The van der Waals surface area contributed by atoms with Gasteiger partial charge in [0.2, 0.25) is 10.0 Å². The molecule has 21 heavy (non-hydrogen) atoms. The number of carbonyl (C=O) groups is 1. The van der Waals surface area contributed by atoms with Gasteiger partial charge in [-0.2, -0.15) is 5.26 Å². The number of sulfonamides is 1. The standard InChI is InChI=1S/C14H18N2O4S/c1-2-3-13(14(17)18)9-16-21(19,20)10-12-6-4-11(8-15)5-7-12/h4-7,13,16H,2-3,9-10H2,1H3,(H,17,18). The van der Waals surface area contributed by atoms with Gasteiger partial charge in [0, 0.05) is 6.54 Å². The maximum atomic E-state index is 11.9. The van der Waals surface area contributed by atoms with Crippen molar-refractivity contribution in [3.05, 3.63) is 35.4 Å². The number of nitriles is 1. The summed E-state index contributed by atoms with van der Waals surface area (Å²) in [6.07, 6.45) is 1.10. The molecule has 0 aliphatic carbocycles. The molecular formula is C14H18N2O4S. The summed E-state index contributed by atoms with van der Waals surface area (Å²) >= 11 is 0. The van der Waals surface area contributed by atoms with Crippen LogP contribution in [0.2, 0.25) is 0 Å². The Hall–Kier alpha value is -1.91. The quantitative estimate of drug-likeness (QED) is 0.756. The Morgan fingerprint density at radius 2 is 2.00 bits per heavy atom. The Kier molecular flexibility index (Phi) is 6.34. The zero-order valence-corrected chi connectivity index (χ0v) is 12.6. The molecule has 0 saturated carbocycles. The lowest BCUT2D eigenvalue weighted by Gasteiger charge is -2.12. The van der Waals surface area contributed by atoms with Gasteiger partial charge in [-0.25, -0.2) is 13.1 Å². The van der Waals surface area contributed by atoms with Crippen molar-refractivity contribution in [2.45, 2.75) is 25.5 Å². The summed E-state index contributed by atoms with van der Waals surface area (Å²) in [5, 5.41) is 17.7. The third-order valence-corrected chi connectivity index (χ3v) is 4.30. The molecule has 0 aliphatic rings. The number of carboxylic acid groups (broad SMARTS) is 1. The Labute approximate surface area is 124 Å². The van der Waals surface area contributed by atoms with Crippen molar-refractivity contribution in [3.63, 3.8) is 0 Å². The van der Waals surface area contributed by atoms with E-state index in [1.165, 1.54) is 0 Å². The van der Waals surface area contributed by atoms with Crippen LogP contribution >= 0.6 is 0 Å². The van der Waals surface area contributed by atoms with Crippen LogP contribution in [0, 0.1) is 17.2 Å². The molecule has 1 rings (SSSR count). The lowest BCUT2D eigenvalue weighted by Crippen LogP contribution is -2.33. The smallest absolute Gasteiger partial charge is 0.307 e. The Morgan fingerprint density at radius 3 is 2.48 bits per heavy atom. The van der Waals surface area contributed by atoms with E-state index < -0.39 is 21.9 Å². The van der Waals surface area contributed by atoms with E-state index in [1.54, 1.807) is 24.3 Å². The normalized spacial score (nSPS) is 12.6. The van der Waals surface area contributed by atoms with Crippen LogP contribution in [0.15, 0.2) is 24.3 Å². The molecule has 0 radical (unpaired) electrons. The van der Waals surface area contributed by atoms with E-state index in [-0.39, 0.29) is 12.3 Å². The molecule has 0 heterocycles. The number of rotatable bonds is 8. The highest BCUT2D eigenvalue weighted by atomic mass is 32.2. The fourth-order valence-corrected chi connectivity index (χ4v) is 3.02. The first-order chi connectivity index (χ1) is 9.88. The van der Waals surface area contributed by atoms with Crippen molar-refractivity contribution in [2.75, 3.05) is 6.54 Å². The molecule has 7 heteroatoms. The van der Waals surface area contributed by atoms with Gasteiger partial charge in [-0.1, -0.05) is 25.5 Å². The molecule has 0 spiro atoms. The van der Waals surface area contributed by atoms with Gasteiger partial charge in [-0.3, -0.25) is 4.79 Å². The second-order valence-electron chi connectivity index (χ2n) is 4.74. The molecule has 0 amide bonds. The van der Waals surface area contributed by atoms with Crippen molar-refractivity contribution >= 4 is 16.0 Å². The van der Waals surface area contributed by atoms with Crippen LogP contribution in [0.1, 0.15) is 30.9 Å². The van der Waals surface area contributed by atoms with Crippen molar-refractivity contribution in [3.8, 4) is 6.07 Å². The van der Waals surface area contributed by atoms with E-state index in [4.69, 9.17) is 10.4 Å². The van der Waals surface area contributed by atoms with Crippen LogP contribution in [-0.4, -0.2) is 26.0 Å². The summed E-state index contributed by atoms with van der Waals surface area (Å²) in [6, 6.07) is 8.18. The number of carboxylic acids is 1. The fraction of sp³-hybridized carbons (Fsp3) is 0.429. The number of hydrogen-bond donors (Lipinski definition) is 2. The number of benzene rings is 1. The van der Waals surface area contributed by atoms with Crippen molar-refractivity contribution in [1.29, 1.82) is 5.26 Å². The summed E-state index contributed by atoms with van der Waals surface area (Å²) in [4.78, 5) is 11.0. The van der Waals surface area contributed by atoms with E-state index in [0.717, 1.165) is 0 Å². The molecule has 0 aliphatic heterocycles. The maximum Gasteiger partial charge on any atom is 0.307 e. The summed E-state index contributed by atoms with van der Waals surface area (Å²) in [5.74, 6) is -1.96. The van der Waals surface area contributed by atoms with Gasteiger partial charge in [0.25, 0.3) is 0 Å². The highest BCUT2D eigenvalue weighted by Crippen LogP contribution is 2.09. The number of aliphatic carboxylic acids is 1. The van der Waals surface area contributed by atoms with E-state index in [2.05, 4.69) is 4.72 Å². The topological polar surface area (TPSA) is 107 Å². The van der Waals surface area contributed by atoms with Crippen LogP contribution in [0.4, 0.5) is 0 Å². The Balaban J connectivity index is 2.64. The second-order valence-corrected chi connectivity index (χ2v) is 6.55. The number of hydrogen-bond acceptors (Lipinski definition) is 4. The first-order valence-corrected chi connectivity index (χ1v) is 8.22. The highest BCUT2D eigenvalue weighted by Gasteiger charge is 2.20. The molecule has 114 valence electrons. The minimum absolute atomic E-state index is 0.109. The predicted octanol–water partition coefficient (Wildman–Crippen LogP) is 1.48. The zero-order chi connectivity index (χ0) is 15.9. The van der Waals surface area contributed by atoms with Gasteiger partial charge in [-0.05, 0) is 24.1 Å². The summed E-state index contributed by atoms with van der Waals surface area (Å²) in [5.41, 5.74) is 1.00. The van der Waals surface area contributed by atoms with Gasteiger partial charge in [0.05, 0.1) is 23.3 Å². The number of nitrogens with zero attached hydrogens (tertiary/aromatic N) is 1. The SMILES string of the molecule is CCCC(CNS(=O)(=O)Cc1ccc(C#N)cc1)C(=O)O. The molecule has 0 bridgehead atoms. The van der Waals surface area contributed by atoms with Crippen LogP contribution in [0.25, 0.3) is 0 Å². The minimum atomic E-state index is -3.60. The van der Waals surface area contributed by atoms with Crippen LogP contribution in [-0.2, 0) is 20.6 Å². The molecule has 0 fully saturated rings. The van der Waals surface area contributed by atoms with E-state index in [9.17, 15) is 13.2 Å². The predicted molar refractivity (Wildman–Crippen MR) is 77.8 cm³/mol. The maximum absolute atomic E-state index is 11.9. The van der Waals surface area contributed by atoms with Crippen molar-refractivity contribution in [1.82, 2.24) is 4.72 Å². The average molecular weight is 310 g/mol. The summed E-state index contributed by atoms with van der Waals surface area (Å²) in [7, 11) is -3.60. The first-order valence-electron chi connectivity index (χ1n) is 6.57. The third kappa shape index (κ3) is 5.94. The highest BCUT2D eigenvalue weighted by molar-refractivity contribution is 7.88. The molecule has 0 aromatic heterocycles. The van der Waals surface area contributed by atoms with Gasteiger partial charge in [0.1, 0.15) is 0 Å². The second kappa shape index (κ2) is 7.76. The van der Waals surface area contributed by atoms with Crippen LogP contribution in [0.3, 0.4) is 0 Å². The molecule has 0 saturated heterocycles. The molecule has 1 aromatic rings. The van der Waals surface area contributed by atoms with Gasteiger partial charge >= 0.3 is 5.97 Å². The fourth-order valence-electron chi connectivity index (χ4n) is 1.83. The van der Waals surface area contributed by atoms with Crippen molar-refractivity contribution < 1.29 is 18.3 Å². The largest absolute Gasteiger partial charge is 0.481 e. The van der Waals surface area contributed by atoms with Gasteiger partial charge < -0.3 is 5.11 Å². The summed E-state index contributed by atoms with van der Waals surface area (Å²) in [6.45, 7) is 1.74. The van der Waals surface area contributed by atoms with Crippen LogP contribution in [0.5, 0.6) is 0 Å². The molecular weight excluding hydrogens is 292 g/mol. The van der Waals surface area contributed by atoms with Crippen molar-refractivity contribution in [2.24, 2.45) is 5.92 Å². The Bertz CT molecular complexity index is 617. The molecule has 1 aromatic carbocycles. The third-order valence-electron chi connectivity index (χ3n) is 2.98. The molecule has 6 nitrogen and oxygen atoms in total.